The van der Waals surface area contributed by atoms with Crippen LogP contribution in [-0.4, -0.2) is 27.7 Å². The second-order valence-electron chi connectivity index (χ2n) is 5.57. The molecule has 1 aliphatic carbocycles. The van der Waals surface area contributed by atoms with E-state index in [1.54, 1.807) is 12.3 Å². The third-order valence-electron chi connectivity index (χ3n) is 4.20. The Morgan fingerprint density at radius 1 is 1.43 bits per heavy atom. The van der Waals surface area contributed by atoms with Gasteiger partial charge in [-0.1, -0.05) is 37.3 Å². The Morgan fingerprint density at radius 2 is 2.19 bits per heavy atom. The van der Waals surface area contributed by atoms with E-state index in [0.29, 0.717) is 16.2 Å². The molecule has 0 aromatic carbocycles. The van der Waals surface area contributed by atoms with E-state index in [9.17, 15) is 4.79 Å². The molecular formula is C15H18ClN3O2. The average molecular weight is 308 g/mol. The number of fused-ring (bicyclic) bond motifs is 1. The van der Waals surface area contributed by atoms with E-state index in [4.69, 9.17) is 16.3 Å². The Balaban J connectivity index is 1.88. The number of nitrogens with zero attached hydrogens (tertiary/aromatic N) is 3. The molecule has 0 aliphatic heterocycles. The quantitative estimate of drug-likeness (QED) is 0.813. The highest BCUT2D eigenvalue weighted by Gasteiger charge is 2.18. The molecule has 1 saturated carbocycles. The minimum atomic E-state index is -0.408. The van der Waals surface area contributed by atoms with Crippen LogP contribution in [0.25, 0.3) is 5.65 Å². The van der Waals surface area contributed by atoms with Gasteiger partial charge in [0.25, 0.3) is 0 Å². The zero-order chi connectivity index (χ0) is 14.8. The van der Waals surface area contributed by atoms with E-state index in [-0.39, 0.29) is 0 Å². The van der Waals surface area contributed by atoms with E-state index >= 15 is 0 Å². The maximum atomic E-state index is 11.7. The number of hydrogen-bond donors (Lipinski definition) is 0. The minimum Gasteiger partial charge on any atom is -0.465 e. The predicted molar refractivity (Wildman–Crippen MR) is 79.6 cm³/mol. The largest absolute Gasteiger partial charge is 0.465 e. The topological polar surface area (TPSA) is 56.5 Å². The van der Waals surface area contributed by atoms with Gasteiger partial charge in [-0.3, -0.25) is 4.40 Å². The van der Waals surface area contributed by atoms with Crippen LogP contribution in [0.15, 0.2) is 12.3 Å². The fourth-order valence-corrected chi connectivity index (χ4v) is 3.28. The molecule has 1 aliphatic rings. The first-order valence-corrected chi connectivity index (χ1v) is 7.68. The number of carbonyl (C=O) groups excluding carboxylic acids is 1. The Bertz CT molecular complexity index is 662. The van der Waals surface area contributed by atoms with Gasteiger partial charge in [-0.2, -0.15) is 0 Å². The Hall–Kier alpha value is -1.62. The number of hydrogen-bond acceptors (Lipinski definition) is 4. The molecule has 2 aromatic rings. The van der Waals surface area contributed by atoms with E-state index in [1.807, 2.05) is 4.40 Å². The van der Waals surface area contributed by atoms with Crippen molar-refractivity contribution in [3.05, 3.63) is 28.7 Å². The van der Waals surface area contributed by atoms with Crippen molar-refractivity contribution in [2.75, 3.05) is 7.11 Å². The molecule has 0 radical (unpaired) electrons. The van der Waals surface area contributed by atoms with Crippen LogP contribution in [0.1, 0.15) is 48.3 Å². The number of ether oxygens (including phenoxy) is 1. The zero-order valence-corrected chi connectivity index (χ0v) is 12.8. The van der Waals surface area contributed by atoms with Crippen LogP contribution in [0.5, 0.6) is 0 Å². The lowest BCUT2D eigenvalue weighted by Gasteiger charge is -2.08. The number of methoxy groups -OCH3 is 1. The van der Waals surface area contributed by atoms with Crippen LogP contribution in [0.3, 0.4) is 0 Å². The molecule has 0 bridgehead atoms. The SMILES string of the molecule is COC(=O)c1cc(Cl)c2nnc(CCC3CCCC3)n2c1. The first-order chi connectivity index (χ1) is 10.2. The average Bonchev–Trinajstić information content (AvgIpc) is 3.13. The van der Waals surface area contributed by atoms with Crippen molar-refractivity contribution in [3.8, 4) is 0 Å². The normalized spacial score (nSPS) is 15.7. The molecule has 1 fully saturated rings. The summed E-state index contributed by atoms with van der Waals surface area (Å²) in [6.45, 7) is 0. The summed E-state index contributed by atoms with van der Waals surface area (Å²) in [5, 5.41) is 8.75. The molecule has 0 N–H and O–H groups in total. The fraction of sp³-hybridized carbons (Fsp3) is 0.533. The van der Waals surface area contributed by atoms with E-state index in [2.05, 4.69) is 10.2 Å². The smallest absolute Gasteiger partial charge is 0.339 e. The summed E-state index contributed by atoms with van der Waals surface area (Å²) in [7, 11) is 1.35. The molecule has 2 heterocycles. The number of aromatic nitrogens is 3. The van der Waals surface area contributed by atoms with Crippen molar-refractivity contribution >= 4 is 23.2 Å². The van der Waals surface area contributed by atoms with Crippen molar-refractivity contribution in [1.29, 1.82) is 0 Å². The molecule has 0 spiro atoms. The van der Waals surface area contributed by atoms with Crippen LogP contribution < -0.4 is 0 Å². The van der Waals surface area contributed by atoms with Gasteiger partial charge in [-0.15, -0.1) is 10.2 Å². The molecule has 0 amide bonds. The van der Waals surface area contributed by atoms with Crippen molar-refractivity contribution in [1.82, 2.24) is 14.6 Å². The van der Waals surface area contributed by atoms with E-state index in [0.717, 1.165) is 24.6 Å². The number of rotatable bonds is 4. The Labute approximate surface area is 128 Å². The maximum absolute atomic E-state index is 11.7. The van der Waals surface area contributed by atoms with Crippen molar-refractivity contribution in [2.24, 2.45) is 5.92 Å². The Kier molecular flexibility index (Phi) is 4.10. The molecule has 6 heteroatoms. The molecule has 0 saturated heterocycles. The monoisotopic (exact) mass is 307 g/mol. The fourth-order valence-electron chi connectivity index (χ4n) is 3.03. The van der Waals surface area contributed by atoms with Gasteiger partial charge in [0.1, 0.15) is 5.82 Å². The number of esters is 1. The molecular weight excluding hydrogens is 290 g/mol. The van der Waals surface area contributed by atoms with Crippen molar-refractivity contribution in [2.45, 2.75) is 38.5 Å². The third kappa shape index (κ3) is 2.88. The van der Waals surface area contributed by atoms with Crippen LogP contribution >= 0.6 is 11.6 Å². The Morgan fingerprint density at radius 3 is 2.90 bits per heavy atom. The summed E-state index contributed by atoms with van der Waals surface area (Å²) >= 11 is 6.17. The zero-order valence-electron chi connectivity index (χ0n) is 12.0. The minimum absolute atomic E-state index is 0.408. The first kappa shape index (κ1) is 14.3. The number of aryl methyl sites for hydroxylation is 1. The van der Waals surface area contributed by atoms with Crippen molar-refractivity contribution in [3.63, 3.8) is 0 Å². The van der Waals surface area contributed by atoms with Crippen LogP contribution in [0.4, 0.5) is 0 Å². The summed E-state index contributed by atoms with van der Waals surface area (Å²) < 4.78 is 6.56. The van der Waals surface area contributed by atoms with Crippen molar-refractivity contribution < 1.29 is 9.53 Å². The van der Waals surface area contributed by atoms with Crippen LogP contribution in [0, 0.1) is 5.92 Å². The lowest BCUT2D eigenvalue weighted by atomic mass is 10.0. The van der Waals surface area contributed by atoms with Crippen LogP contribution in [0.2, 0.25) is 5.02 Å². The molecule has 2 aromatic heterocycles. The lowest BCUT2D eigenvalue weighted by molar-refractivity contribution is 0.0600. The van der Waals surface area contributed by atoms with E-state index in [1.165, 1.54) is 32.8 Å². The molecule has 21 heavy (non-hydrogen) atoms. The number of carbonyl (C=O) groups is 1. The van der Waals surface area contributed by atoms with Gasteiger partial charge in [0, 0.05) is 12.6 Å². The number of halogens is 1. The van der Waals surface area contributed by atoms with Gasteiger partial charge < -0.3 is 4.74 Å². The molecule has 5 nitrogen and oxygen atoms in total. The predicted octanol–water partition coefficient (Wildman–Crippen LogP) is 3.29. The molecule has 3 rings (SSSR count). The third-order valence-corrected chi connectivity index (χ3v) is 4.48. The molecule has 112 valence electrons. The van der Waals surface area contributed by atoms with Gasteiger partial charge in [0.2, 0.25) is 0 Å². The van der Waals surface area contributed by atoms with Gasteiger partial charge in [0.05, 0.1) is 17.7 Å². The summed E-state index contributed by atoms with van der Waals surface area (Å²) in [6, 6.07) is 1.57. The van der Waals surface area contributed by atoms with Gasteiger partial charge in [-0.25, -0.2) is 4.79 Å². The van der Waals surface area contributed by atoms with Gasteiger partial charge in [-0.05, 0) is 18.4 Å². The van der Waals surface area contributed by atoms with Gasteiger partial charge in [0.15, 0.2) is 5.65 Å². The summed E-state index contributed by atoms with van der Waals surface area (Å²) in [5.74, 6) is 1.23. The second-order valence-corrected chi connectivity index (χ2v) is 5.97. The van der Waals surface area contributed by atoms with Gasteiger partial charge >= 0.3 is 5.97 Å². The van der Waals surface area contributed by atoms with E-state index < -0.39 is 5.97 Å². The van der Waals surface area contributed by atoms with Crippen LogP contribution in [-0.2, 0) is 11.2 Å². The number of pyridine rings is 1. The summed E-state index contributed by atoms with van der Waals surface area (Å²) in [4.78, 5) is 11.7. The first-order valence-electron chi connectivity index (χ1n) is 7.30. The maximum Gasteiger partial charge on any atom is 0.339 e. The summed E-state index contributed by atoms with van der Waals surface area (Å²) in [5.41, 5.74) is 1.00. The standard InChI is InChI=1S/C15H18ClN3O2/c1-21-15(20)11-8-12(16)14-18-17-13(19(14)9-11)7-6-10-4-2-3-5-10/h8-10H,2-7H2,1H3. The summed E-state index contributed by atoms with van der Waals surface area (Å²) in [6.07, 6.45) is 8.97. The second kappa shape index (κ2) is 6.02. The highest BCUT2D eigenvalue weighted by atomic mass is 35.5. The molecule has 0 atom stereocenters. The lowest BCUT2D eigenvalue weighted by Crippen LogP contribution is -2.05. The highest BCUT2D eigenvalue weighted by molar-refractivity contribution is 6.33. The highest BCUT2D eigenvalue weighted by Crippen LogP contribution is 2.29. The molecule has 0 unspecified atom stereocenters.